The van der Waals surface area contributed by atoms with Crippen molar-refractivity contribution in [2.24, 2.45) is 11.1 Å². The zero-order chi connectivity index (χ0) is 22.5. The van der Waals surface area contributed by atoms with Crippen molar-refractivity contribution in [1.82, 2.24) is 10.6 Å². The average Bonchev–Trinajstić information content (AvgIpc) is 2.75. The molecule has 1 heterocycles. The van der Waals surface area contributed by atoms with E-state index in [0.29, 0.717) is 31.0 Å². The molecule has 1 amide bonds. The number of nitrogens with one attached hydrogen (secondary N) is 2. The lowest BCUT2D eigenvalue weighted by atomic mass is 9.73. The normalized spacial score (nSPS) is 26.6. The van der Waals surface area contributed by atoms with Gasteiger partial charge in [-0.3, -0.25) is 4.79 Å². The number of rotatable bonds is 8. The maximum absolute atomic E-state index is 13.6. The fraction of sp³-hybridized carbons (Fsp3) is 0.522. The maximum atomic E-state index is 13.6. The van der Waals surface area contributed by atoms with Crippen molar-refractivity contribution in [3.05, 3.63) is 52.5 Å². The monoisotopic (exact) mass is 495 g/mol. The molecule has 170 valence electrons. The summed E-state index contributed by atoms with van der Waals surface area (Å²) < 4.78 is 25.3. The molecule has 0 radical (unpaired) electrons. The molecular formula is C23H31BrFN3O3. The lowest BCUT2D eigenvalue weighted by Gasteiger charge is -2.39. The quantitative estimate of drug-likeness (QED) is 0.481. The Morgan fingerprint density at radius 3 is 2.61 bits per heavy atom. The standard InChI is InChI=1S/C23H31BrFN3O3/c1-22(26)15-20(30-2)23(14-19(22)24,21(29)28-17-8-11-27-12-9-17)10-3-13-31-18-6-4-16(25)5-7-18/h4-7,14-15,17,27H,3,8-13,26H2,1-2H3,(H,28,29). The van der Waals surface area contributed by atoms with Gasteiger partial charge in [0.25, 0.3) is 0 Å². The third kappa shape index (κ3) is 5.67. The molecule has 0 aromatic heterocycles. The second-order valence-electron chi connectivity index (χ2n) is 8.36. The number of hydrogen-bond acceptors (Lipinski definition) is 5. The van der Waals surface area contributed by atoms with Crippen LogP contribution >= 0.6 is 15.9 Å². The van der Waals surface area contributed by atoms with Gasteiger partial charge in [0.15, 0.2) is 0 Å². The van der Waals surface area contributed by atoms with Gasteiger partial charge in [-0.1, -0.05) is 15.9 Å². The van der Waals surface area contributed by atoms with E-state index in [9.17, 15) is 9.18 Å². The predicted octanol–water partition coefficient (Wildman–Crippen LogP) is 3.38. The van der Waals surface area contributed by atoms with Crippen molar-refractivity contribution in [3.8, 4) is 5.75 Å². The molecule has 2 aliphatic rings. The van der Waals surface area contributed by atoms with Gasteiger partial charge in [-0.25, -0.2) is 4.39 Å². The molecule has 6 nitrogen and oxygen atoms in total. The van der Waals surface area contributed by atoms with Crippen LogP contribution in [0, 0.1) is 11.2 Å². The number of hydrogen-bond donors (Lipinski definition) is 3. The zero-order valence-corrected chi connectivity index (χ0v) is 19.6. The molecular weight excluding hydrogens is 465 g/mol. The molecule has 1 fully saturated rings. The first-order valence-corrected chi connectivity index (χ1v) is 11.4. The molecule has 0 saturated carbocycles. The second kappa shape index (κ2) is 10.1. The van der Waals surface area contributed by atoms with Gasteiger partial charge in [0, 0.05) is 10.5 Å². The SMILES string of the molecule is COC1=CC(C)(N)C(Br)=CC1(CCCOc1ccc(F)cc1)C(=O)NC1CCNCC1. The van der Waals surface area contributed by atoms with Crippen molar-refractivity contribution in [2.45, 2.75) is 44.2 Å². The van der Waals surface area contributed by atoms with Crippen molar-refractivity contribution < 1.29 is 18.7 Å². The first-order valence-electron chi connectivity index (χ1n) is 10.6. The number of nitrogens with two attached hydrogens (primary N) is 1. The Balaban J connectivity index is 1.76. The number of amides is 1. The van der Waals surface area contributed by atoms with E-state index < -0.39 is 11.0 Å². The highest BCUT2D eigenvalue weighted by molar-refractivity contribution is 9.11. The summed E-state index contributed by atoms with van der Waals surface area (Å²) in [7, 11) is 1.57. The molecule has 1 aliphatic carbocycles. The van der Waals surface area contributed by atoms with Crippen molar-refractivity contribution in [2.75, 3.05) is 26.8 Å². The smallest absolute Gasteiger partial charge is 0.237 e. The van der Waals surface area contributed by atoms with Gasteiger partial charge in [-0.15, -0.1) is 0 Å². The van der Waals surface area contributed by atoms with Crippen LogP contribution in [-0.4, -0.2) is 44.3 Å². The Labute approximate surface area is 191 Å². The summed E-state index contributed by atoms with van der Waals surface area (Å²) in [4.78, 5) is 13.6. The second-order valence-corrected chi connectivity index (χ2v) is 9.22. The summed E-state index contributed by atoms with van der Waals surface area (Å²) in [6.07, 6.45) is 6.54. The third-order valence-corrected chi connectivity index (χ3v) is 6.94. The molecule has 3 rings (SSSR count). The minimum Gasteiger partial charge on any atom is -0.500 e. The average molecular weight is 496 g/mol. The number of methoxy groups -OCH3 is 1. The number of piperidine rings is 1. The third-order valence-electron chi connectivity index (χ3n) is 5.86. The highest BCUT2D eigenvalue weighted by Gasteiger charge is 2.47. The Hall–Kier alpha value is -1.90. The summed E-state index contributed by atoms with van der Waals surface area (Å²) in [5, 5.41) is 6.53. The summed E-state index contributed by atoms with van der Waals surface area (Å²) in [6, 6.07) is 6.02. The van der Waals surface area contributed by atoms with E-state index in [4.69, 9.17) is 15.2 Å². The van der Waals surface area contributed by atoms with Gasteiger partial charge >= 0.3 is 0 Å². The van der Waals surface area contributed by atoms with Crippen molar-refractivity contribution in [3.63, 3.8) is 0 Å². The van der Waals surface area contributed by atoms with Crippen LogP contribution in [0.4, 0.5) is 4.39 Å². The Kier molecular flexibility index (Phi) is 7.78. The molecule has 2 unspecified atom stereocenters. The first-order chi connectivity index (χ1) is 14.8. The van der Waals surface area contributed by atoms with Gasteiger partial charge in [-0.2, -0.15) is 0 Å². The van der Waals surface area contributed by atoms with Crippen LogP contribution in [0.2, 0.25) is 0 Å². The topological polar surface area (TPSA) is 85.6 Å². The van der Waals surface area contributed by atoms with Gasteiger partial charge in [-0.05, 0) is 82.1 Å². The van der Waals surface area contributed by atoms with Crippen LogP contribution in [0.15, 0.2) is 46.7 Å². The maximum Gasteiger partial charge on any atom is 0.237 e. The van der Waals surface area contributed by atoms with Crippen LogP contribution in [0.25, 0.3) is 0 Å². The zero-order valence-electron chi connectivity index (χ0n) is 18.0. The van der Waals surface area contributed by atoms with E-state index in [0.717, 1.165) is 30.4 Å². The van der Waals surface area contributed by atoms with Gasteiger partial charge < -0.3 is 25.8 Å². The number of benzene rings is 1. The lowest BCUT2D eigenvalue weighted by molar-refractivity contribution is -0.130. The van der Waals surface area contributed by atoms with Crippen LogP contribution in [-0.2, 0) is 9.53 Å². The van der Waals surface area contributed by atoms with Crippen molar-refractivity contribution in [1.29, 1.82) is 0 Å². The summed E-state index contributed by atoms with van der Waals surface area (Å²) in [6.45, 7) is 4.02. The molecule has 1 aliphatic heterocycles. The molecule has 2 atom stereocenters. The molecule has 31 heavy (non-hydrogen) atoms. The molecule has 1 saturated heterocycles. The predicted molar refractivity (Wildman–Crippen MR) is 122 cm³/mol. The molecule has 1 aromatic carbocycles. The fourth-order valence-corrected chi connectivity index (χ4v) is 4.50. The summed E-state index contributed by atoms with van der Waals surface area (Å²) in [5.41, 5.74) is 4.63. The first kappa shape index (κ1) is 23.8. The summed E-state index contributed by atoms with van der Waals surface area (Å²) >= 11 is 3.57. The lowest BCUT2D eigenvalue weighted by Crippen LogP contribution is -2.51. The van der Waals surface area contributed by atoms with Crippen LogP contribution < -0.4 is 21.1 Å². The van der Waals surface area contributed by atoms with Crippen LogP contribution in [0.3, 0.4) is 0 Å². The Bertz CT molecular complexity index is 835. The minimum atomic E-state index is -0.983. The number of halogens is 2. The van der Waals surface area contributed by atoms with E-state index in [-0.39, 0.29) is 17.8 Å². The molecule has 0 bridgehead atoms. The molecule has 4 N–H and O–H groups in total. The fourth-order valence-electron chi connectivity index (χ4n) is 3.99. The molecule has 1 aromatic rings. The van der Waals surface area contributed by atoms with Gasteiger partial charge in [0.05, 0.1) is 19.3 Å². The molecule has 0 spiro atoms. The van der Waals surface area contributed by atoms with E-state index in [2.05, 4.69) is 26.6 Å². The number of carbonyl (C=O) groups excluding carboxylic acids is 1. The number of ether oxygens (including phenoxy) is 2. The highest BCUT2D eigenvalue weighted by atomic mass is 79.9. The Morgan fingerprint density at radius 2 is 1.97 bits per heavy atom. The van der Waals surface area contributed by atoms with Gasteiger partial charge in [0.2, 0.25) is 5.91 Å². The largest absolute Gasteiger partial charge is 0.500 e. The van der Waals surface area contributed by atoms with E-state index in [1.54, 1.807) is 25.3 Å². The van der Waals surface area contributed by atoms with Crippen LogP contribution in [0.5, 0.6) is 5.75 Å². The van der Waals surface area contributed by atoms with Crippen LogP contribution in [0.1, 0.15) is 32.6 Å². The van der Waals surface area contributed by atoms with E-state index in [1.807, 2.05) is 13.0 Å². The highest BCUT2D eigenvalue weighted by Crippen LogP contribution is 2.44. The number of carbonyl (C=O) groups is 1. The summed E-state index contributed by atoms with van der Waals surface area (Å²) in [5.74, 6) is 0.723. The molecule has 8 heteroatoms. The Morgan fingerprint density at radius 1 is 1.29 bits per heavy atom. The van der Waals surface area contributed by atoms with E-state index >= 15 is 0 Å². The van der Waals surface area contributed by atoms with E-state index in [1.165, 1.54) is 12.1 Å². The van der Waals surface area contributed by atoms with Gasteiger partial charge in [0.1, 0.15) is 22.7 Å². The minimum absolute atomic E-state index is 0.0956. The van der Waals surface area contributed by atoms with Crippen molar-refractivity contribution >= 4 is 21.8 Å².